The number of rotatable bonds is 3. The number of benzene rings is 1. The first-order chi connectivity index (χ1) is 10.1. The van der Waals surface area contributed by atoms with Gasteiger partial charge in [-0.3, -0.25) is 9.69 Å². The van der Waals surface area contributed by atoms with E-state index in [1.807, 2.05) is 11.3 Å². The van der Waals surface area contributed by atoms with Crippen LogP contribution in [0.15, 0.2) is 30.3 Å². The third-order valence-corrected chi connectivity index (χ3v) is 5.17. The van der Waals surface area contributed by atoms with E-state index >= 15 is 0 Å². The smallest absolute Gasteiger partial charge is 0.223 e. The van der Waals surface area contributed by atoms with E-state index in [4.69, 9.17) is 5.73 Å². The fourth-order valence-corrected chi connectivity index (χ4v) is 4.01. The topological polar surface area (TPSA) is 49.6 Å². The molecule has 1 saturated heterocycles. The Morgan fingerprint density at radius 3 is 2.90 bits per heavy atom. The Balaban J connectivity index is 1.74. The molecule has 0 unspecified atom stereocenters. The van der Waals surface area contributed by atoms with Crippen LogP contribution in [0.5, 0.6) is 0 Å². The van der Waals surface area contributed by atoms with Gasteiger partial charge in [-0.2, -0.15) is 0 Å². The van der Waals surface area contributed by atoms with Crippen molar-refractivity contribution in [2.75, 3.05) is 33.2 Å². The summed E-state index contributed by atoms with van der Waals surface area (Å²) < 4.78 is 1.32. The number of primary amides is 1. The number of carbonyl (C=O) groups excluding carboxylic acids is 1. The average Bonchev–Trinajstić information content (AvgIpc) is 2.76. The minimum atomic E-state index is -0.190. The van der Waals surface area contributed by atoms with Crippen LogP contribution in [-0.2, 0) is 11.3 Å². The predicted octanol–water partition coefficient (Wildman–Crippen LogP) is 1.75. The molecule has 0 aliphatic carbocycles. The maximum atomic E-state index is 11.6. The molecule has 112 valence electrons. The van der Waals surface area contributed by atoms with Gasteiger partial charge in [-0.25, -0.2) is 0 Å². The number of amides is 1. The fourth-order valence-electron chi connectivity index (χ4n) is 2.90. The van der Waals surface area contributed by atoms with Gasteiger partial charge in [-0.15, -0.1) is 11.3 Å². The van der Waals surface area contributed by atoms with Crippen LogP contribution in [0.3, 0.4) is 0 Å². The zero-order valence-corrected chi connectivity index (χ0v) is 13.1. The number of hydrogen-bond acceptors (Lipinski definition) is 4. The second-order valence-electron chi connectivity index (χ2n) is 5.85. The Hall–Kier alpha value is -1.43. The van der Waals surface area contributed by atoms with E-state index in [0.717, 1.165) is 32.7 Å². The van der Waals surface area contributed by atoms with Crippen molar-refractivity contribution in [2.24, 2.45) is 11.7 Å². The van der Waals surface area contributed by atoms with E-state index in [1.165, 1.54) is 15.0 Å². The molecule has 1 atom stereocenters. The van der Waals surface area contributed by atoms with E-state index in [-0.39, 0.29) is 11.8 Å². The lowest BCUT2D eigenvalue weighted by atomic mass is 10.1. The molecular formula is C16H21N3OS. The van der Waals surface area contributed by atoms with E-state index in [1.54, 1.807) is 0 Å². The average molecular weight is 303 g/mol. The summed E-state index contributed by atoms with van der Waals surface area (Å²) in [6.45, 7) is 4.38. The Morgan fingerprint density at radius 1 is 1.33 bits per heavy atom. The largest absolute Gasteiger partial charge is 0.369 e. The highest BCUT2D eigenvalue weighted by Crippen LogP contribution is 2.26. The molecule has 1 aromatic carbocycles. The fraction of sp³-hybridized carbons (Fsp3) is 0.438. The number of thiophene rings is 1. The number of carbonyl (C=O) groups is 1. The molecular weight excluding hydrogens is 282 g/mol. The summed E-state index contributed by atoms with van der Waals surface area (Å²) in [5.74, 6) is -0.267. The van der Waals surface area contributed by atoms with Crippen molar-refractivity contribution >= 4 is 27.3 Å². The molecule has 2 aromatic rings. The minimum absolute atomic E-state index is 0.0770. The molecule has 0 spiro atoms. The third kappa shape index (κ3) is 3.43. The van der Waals surface area contributed by atoms with Crippen molar-refractivity contribution in [3.05, 3.63) is 35.2 Å². The van der Waals surface area contributed by atoms with E-state index in [2.05, 4.69) is 47.2 Å². The van der Waals surface area contributed by atoms with Crippen molar-refractivity contribution in [1.29, 1.82) is 0 Å². The molecule has 4 nitrogen and oxygen atoms in total. The minimum Gasteiger partial charge on any atom is -0.369 e. The van der Waals surface area contributed by atoms with Crippen LogP contribution in [0.2, 0.25) is 0 Å². The molecule has 1 aromatic heterocycles. The van der Waals surface area contributed by atoms with Gasteiger partial charge >= 0.3 is 0 Å². The van der Waals surface area contributed by atoms with Gasteiger partial charge in [0, 0.05) is 42.3 Å². The normalized spacial score (nSPS) is 21.5. The van der Waals surface area contributed by atoms with Gasteiger partial charge in [0.2, 0.25) is 5.91 Å². The van der Waals surface area contributed by atoms with Gasteiger partial charge in [-0.05, 0) is 24.6 Å². The zero-order chi connectivity index (χ0) is 14.8. The monoisotopic (exact) mass is 303 g/mol. The zero-order valence-electron chi connectivity index (χ0n) is 12.3. The van der Waals surface area contributed by atoms with Crippen molar-refractivity contribution in [1.82, 2.24) is 9.80 Å². The van der Waals surface area contributed by atoms with Gasteiger partial charge in [0.25, 0.3) is 0 Å². The van der Waals surface area contributed by atoms with Crippen LogP contribution in [0.1, 0.15) is 4.88 Å². The highest BCUT2D eigenvalue weighted by atomic mass is 32.1. The highest BCUT2D eigenvalue weighted by Gasteiger charge is 2.25. The molecule has 0 bridgehead atoms. The molecule has 1 amide bonds. The molecule has 5 heteroatoms. The maximum Gasteiger partial charge on any atom is 0.223 e. The lowest BCUT2D eigenvalue weighted by molar-refractivity contribution is -0.122. The first-order valence-electron chi connectivity index (χ1n) is 7.29. The summed E-state index contributed by atoms with van der Waals surface area (Å²) in [4.78, 5) is 17.5. The van der Waals surface area contributed by atoms with Crippen LogP contribution in [0, 0.1) is 5.92 Å². The number of nitrogens with two attached hydrogens (primary N) is 1. The van der Waals surface area contributed by atoms with Crippen molar-refractivity contribution in [3.8, 4) is 0 Å². The van der Waals surface area contributed by atoms with Gasteiger partial charge < -0.3 is 10.6 Å². The molecule has 1 fully saturated rings. The number of nitrogens with zero attached hydrogens (tertiary/aromatic N) is 2. The summed E-state index contributed by atoms with van der Waals surface area (Å²) >= 11 is 1.84. The predicted molar refractivity (Wildman–Crippen MR) is 87.3 cm³/mol. The Kier molecular flexibility index (Phi) is 4.24. The molecule has 0 saturated carbocycles. The number of hydrogen-bond donors (Lipinski definition) is 1. The van der Waals surface area contributed by atoms with Crippen LogP contribution < -0.4 is 5.73 Å². The lowest BCUT2D eigenvalue weighted by Gasteiger charge is -2.21. The molecule has 3 rings (SSSR count). The van der Waals surface area contributed by atoms with E-state index in [9.17, 15) is 4.79 Å². The SMILES string of the molecule is CN1CCN(Cc2cc3ccccc3s2)C[C@@H](C(N)=O)C1. The first kappa shape index (κ1) is 14.5. The van der Waals surface area contributed by atoms with Crippen molar-refractivity contribution in [3.63, 3.8) is 0 Å². The molecule has 0 radical (unpaired) electrons. The van der Waals surface area contributed by atoms with Gasteiger partial charge in [0.1, 0.15) is 0 Å². The Bertz CT molecular complexity index is 606. The van der Waals surface area contributed by atoms with Gasteiger partial charge in [0.05, 0.1) is 5.92 Å². The molecule has 2 heterocycles. The maximum absolute atomic E-state index is 11.6. The standard InChI is InChI=1S/C16H21N3OS/c1-18-6-7-19(10-13(9-18)16(17)20)11-14-8-12-4-2-3-5-15(12)21-14/h2-5,8,13H,6-7,9-11H2,1H3,(H2,17,20)/t13-/m0/s1. The molecule has 2 N–H and O–H groups in total. The summed E-state index contributed by atoms with van der Waals surface area (Å²) in [6, 6.07) is 10.7. The summed E-state index contributed by atoms with van der Waals surface area (Å²) in [6.07, 6.45) is 0. The first-order valence-corrected chi connectivity index (χ1v) is 8.11. The van der Waals surface area contributed by atoms with Crippen molar-refractivity contribution < 1.29 is 4.79 Å². The van der Waals surface area contributed by atoms with Crippen LogP contribution in [0.25, 0.3) is 10.1 Å². The van der Waals surface area contributed by atoms with Crippen LogP contribution >= 0.6 is 11.3 Å². The summed E-state index contributed by atoms with van der Waals surface area (Å²) in [5, 5.41) is 1.30. The quantitative estimate of drug-likeness (QED) is 0.940. The Labute approximate surface area is 129 Å². The lowest BCUT2D eigenvalue weighted by Crippen LogP contribution is -2.37. The Morgan fingerprint density at radius 2 is 2.14 bits per heavy atom. The summed E-state index contributed by atoms with van der Waals surface area (Å²) in [5.41, 5.74) is 5.53. The van der Waals surface area contributed by atoms with E-state index < -0.39 is 0 Å². The second-order valence-corrected chi connectivity index (χ2v) is 7.02. The second kappa shape index (κ2) is 6.13. The third-order valence-electron chi connectivity index (χ3n) is 4.07. The van der Waals surface area contributed by atoms with E-state index in [0.29, 0.717) is 0 Å². The van der Waals surface area contributed by atoms with Gasteiger partial charge in [-0.1, -0.05) is 18.2 Å². The van der Waals surface area contributed by atoms with Crippen molar-refractivity contribution in [2.45, 2.75) is 6.54 Å². The molecule has 1 aliphatic heterocycles. The highest BCUT2D eigenvalue weighted by molar-refractivity contribution is 7.19. The number of likely N-dealkylation sites (N-methyl/N-ethyl adjacent to an activating group) is 1. The number of fused-ring (bicyclic) bond motifs is 1. The summed E-state index contributed by atoms with van der Waals surface area (Å²) in [7, 11) is 2.05. The van der Waals surface area contributed by atoms with Crippen LogP contribution in [-0.4, -0.2) is 48.9 Å². The molecule has 1 aliphatic rings. The van der Waals surface area contributed by atoms with Crippen LogP contribution in [0.4, 0.5) is 0 Å². The molecule has 21 heavy (non-hydrogen) atoms. The van der Waals surface area contributed by atoms with Gasteiger partial charge in [0.15, 0.2) is 0 Å².